The fraction of sp³-hybridized carbons (Fsp3) is 0.467. The number of rotatable bonds is 7. The van der Waals surface area contributed by atoms with E-state index in [1.807, 2.05) is 0 Å². The number of amides is 1. The Morgan fingerprint density at radius 3 is 2.21 bits per heavy atom. The predicted octanol–water partition coefficient (Wildman–Crippen LogP) is 5.60. The minimum atomic E-state index is -4.41. The molecule has 0 radical (unpaired) electrons. The van der Waals surface area contributed by atoms with Gasteiger partial charge in [0.1, 0.15) is 5.82 Å². The summed E-state index contributed by atoms with van der Waals surface area (Å²) in [6, 6.07) is 12.5. The number of alkyl halides is 3. The van der Waals surface area contributed by atoms with Crippen LogP contribution in [-0.2, 0) is 16.4 Å². The van der Waals surface area contributed by atoms with Crippen LogP contribution in [0.3, 0.4) is 0 Å². The molecular weight excluding hydrogens is 572 g/mol. The van der Waals surface area contributed by atoms with Gasteiger partial charge in [-0.25, -0.2) is 17.5 Å². The minimum absolute atomic E-state index is 0.0178. The molecule has 1 unspecified atom stereocenters. The van der Waals surface area contributed by atoms with Gasteiger partial charge in [0.15, 0.2) is 9.84 Å². The highest BCUT2D eigenvalue weighted by Crippen LogP contribution is 2.48. The smallest absolute Gasteiger partial charge is 0.338 e. The summed E-state index contributed by atoms with van der Waals surface area (Å²) in [5, 5.41) is 4.47. The highest BCUT2D eigenvalue weighted by Gasteiger charge is 2.57. The molecule has 3 aromatic rings. The van der Waals surface area contributed by atoms with E-state index in [0.29, 0.717) is 43.9 Å². The molecule has 0 bridgehead atoms. The van der Waals surface area contributed by atoms with Crippen molar-refractivity contribution in [3.8, 4) is 5.69 Å². The third-order valence-electron chi connectivity index (χ3n) is 8.76. The molecule has 0 N–H and O–H groups in total. The van der Waals surface area contributed by atoms with Crippen molar-refractivity contribution >= 4 is 15.7 Å². The summed E-state index contributed by atoms with van der Waals surface area (Å²) in [5.74, 6) is -0.977. The first-order valence-electron chi connectivity index (χ1n) is 14.0. The zero-order valence-corrected chi connectivity index (χ0v) is 24.4. The van der Waals surface area contributed by atoms with Crippen molar-refractivity contribution in [2.75, 3.05) is 32.4 Å². The summed E-state index contributed by atoms with van der Waals surface area (Å²) >= 11 is 0. The van der Waals surface area contributed by atoms with Crippen molar-refractivity contribution in [1.82, 2.24) is 19.6 Å². The molecule has 2 aliphatic rings. The van der Waals surface area contributed by atoms with Crippen molar-refractivity contribution in [2.24, 2.45) is 5.41 Å². The lowest BCUT2D eigenvalue weighted by Crippen LogP contribution is -2.41. The molecule has 42 heavy (non-hydrogen) atoms. The molecule has 2 aliphatic heterocycles. The Morgan fingerprint density at radius 2 is 1.67 bits per heavy atom. The van der Waals surface area contributed by atoms with Crippen LogP contribution < -0.4 is 0 Å². The van der Waals surface area contributed by atoms with Crippen molar-refractivity contribution in [1.29, 1.82) is 0 Å². The second-order valence-corrected chi connectivity index (χ2v) is 13.4. The first-order chi connectivity index (χ1) is 19.8. The van der Waals surface area contributed by atoms with Crippen LogP contribution >= 0.6 is 0 Å². The Hall–Kier alpha value is -3.25. The lowest BCUT2D eigenvalue weighted by Gasteiger charge is -2.33. The largest absolute Gasteiger partial charge is 0.396 e. The Labute approximate surface area is 243 Å². The van der Waals surface area contributed by atoms with Gasteiger partial charge in [-0.15, -0.1) is 0 Å². The van der Waals surface area contributed by atoms with Crippen molar-refractivity contribution in [2.45, 2.75) is 56.1 Å². The fourth-order valence-electron chi connectivity index (χ4n) is 6.10. The molecule has 1 amide bonds. The van der Waals surface area contributed by atoms with Crippen LogP contribution in [0.5, 0.6) is 0 Å². The second-order valence-electron chi connectivity index (χ2n) is 11.4. The molecule has 3 heterocycles. The number of nitrogens with zero attached hydrogens (tertiary/aromatic N) is 4. The van der Waals surface area contributed by atoms with E-state index in [2.05, 4.69) is 10.00 Å². The maximum atomic E-state index is 13.9. The van der Waals surface area contributed by atoms with E-state index < -0.39 is 33.2 Å². The molecule has 5 rings (SSSR count). The quantitative estimate of drug-likeness (QED) is 0.328. The molecule has 1 aromatic heterocycles. The van der Waals surface area contributed by atoms with E-state index in [9.17, 15) is 30.8 Å². The first kappa shape index (κ1) is 30.2. The second kappa shape index (κ2) is 11.4. The number of likely N-dealkylation sites (tertiary alicyclic amines) is 2. The van der Waals surface area contributed by atoms with Gasteiger partial charge >= 0.3 is 6.18 Å². The van der Waals surface area contributed by atoms with Gasteiger partial charge in [-0.05, 0) is 80.7 Å². The van der Waals surface area contributed by atoms with E-state index in [-0.39, 0.29) is 42.3 Å². The van der Waals surface area contributed by atoms with Crippen LogP contribution in [0.15, 0.2) is 59.6 Å². The molecule has 2 saturated heterocycles. The van der Waals surface area contributed by atoms with Crippen molar-refractivity contribution in [3.05, 3.63) is 77.4 Å². The van der Waals surface area contributed by atoms with Crippen LogP contribution in [0.2, 0.25) is 0 Å². The molecule has 7 nitrogen and oxygen atoms in total. The Kier molecular flexibility index (Phi) is 8.23. The number of benzene rings is 2. The average molecular weight is 607 g/mol. The normalized spacial score (nSPS) is 20.8. The van der Waals surface area contributed by atoms with Gasteiger partial charge < -0.3 is 4.90 Å². The summed E-state index contributed by atoms with van der Waals surface area (Å²) in [5.41, 5.74) is 0.540. The molecule has 12 heteroatoms. The number of piperidine rings is 1. The zero-order chi connectivity index (χ0) is 30.3. The van der Waals surface area contributed by atoms with Crippen LogP contribution in [0.1, 0.15) is 60.1 Å². The Bertz CT molecular complexity index is 1530. The maximum Gasteiger partial charge on any atom is 0.396 e. The van der Waals surface area contributed by atoms with Gasteiger partial charge in [0, 0.05) is 31.8 Å². The standard InChI is InChI=1S/C30H34F4N4O3S/c1-3-29(30(32,33)34)14-17-37(20-29)28(39)26-18-35-38(24-8-6-23(31)7-9-24)27(26)22-12-15-36(16-13-22)19-21-4-10-25(11-5-21)42(2,40)41/h4-11,18,22H,3,12-17,19-20H2,1-2H3. The summed E-state index contributed by atoms with van der Waals surface area (Å²) in [7, 11) is -3.28. The van der Waals surface area contributed by atoms with Crippen molar-refractivity contribution < 1.29 is 30.8 Å². The topological polar surface area (TPSA) is 75.5 Å². The Morgan fingerprint density at radius 1 is 1.02 bits per heavy atom. The monoisotopic (exact) mass is 606 g/mol. The summed E-state index contributed by atoms with van der Waals surface area (Å²) in [6.45, 7) is 3.15. The first-order valence-corrected chi connectivity index (χ1v) is 15.9. The van der Waals surface area contributed by atoms with E-state index in [0.717, 1.165) is 5.56 Å². The van der Waals surface area contributed by atoms with E-state index >= 15 is 0 Å². The highest BCUT2D eigenvalue weighted by atomic mass is 32.2. The van der Waals surface area contributed by atoms with Crippen LogP contribution in [0, 0.1) is 11.2 Å². The van der Waals surface area contributed by atoms with Gasteiger partial charge in [0.25, 0.3) is 5.91 Å². The molecule has 2 fully saturated rings. The number of halogens is 4. The molecular formula is C30H34F4N4O3S. The van der Waals surface area contributed by atoms with Crippen LogP contribution in [0.4, 0.5) is 17.6 Å². The average Bonchev–Trinajstić information content (AvgIpc) is 3.59. The number of carbonyl (C=O) groups is 1. The van der Waals surface area contributed by atoms with Crippen molar-refractivity contribution in [3.63, 3.8) is 0 Å². The zero-order valence-electron chi connectivity index (χ0n) is 23.6. The molecule has 0 aliphatic carbocycles. The molecule has 0 spiro atoms. The number of hydrogen-bond acceptors (Lipinski definition) is 5. The van der Waals surface area contributed by atoms with Crippen LogP contribution in [0.25, 0.3) is 5.69 Å². The summed E-state index contributed by atoms with van der Waals surface area (Å²) < 4.78 is 80.6. The SMILES string of the molecule is CCC1(C(F)(F)F)CCN(C(=O)c2cnn(-c3ccc(F)cc3)c2C2CCN(Cc3ccc(S(C)(=O)=O)cc3)CC2)C1. The number of carbonyl (C=O) groups excluding carboxylic acids is 1. The Balaban J connectivity index is 1.37. The number of sulfone groups is 1. The third-order valence-corrected chi connectivity index (χ3v) is 9.89. The summed E-state index contributed by atoms with van der Waals surface area (Å²) in [6.07, 6.45) is -0.692. The molecule has 0 saturated carbocycles. The highest BCUT2D eigenvalue weighted by molar-refractivity contribution is 7.90. The maximum absolute atomic E-state index is 13.9. The number of hydrogen-bond donors (Lipinski definition) is 0. The van der Waals surface area contributed by atoms with Gasteiger partial charge in [-0.2, -0.15) is 18.3 Å². The predicted molar refractivity (Wildman–Crippen MR) is 150 cm³/mol. The number of aromatic nitrogens is 2. The van der Waals surface area contributed by atoms with E-state index in [1.54, 1.807) is 41.1 Å². The molecule has 226 valence electrons. The lowest BCUT2D eigenvalue weighted by molar-refractivity contribution is -0.219. The van der Waals surface area contributed by atoms with E-state index in [4.69, 9.17) is 0 Å². The third kappa shape index (κ3) is 5.96. The van der Waals surface area contributed by atoms with Gasteiger partial charge in [0.2, 0.25) is 0 Å². The van der Waals surface area contributed by atoms with Gasteiger partial charge in [-0.3, -0.25) is 9.69 Å². The van der Waals surface area contributed by atoms with Gasteiger partial charge in [-0.1, -0.05) is 19.1 Å². The van der Waals surface area contributed by atoms with Crippen LogP contribution in [-0.4, -0.2) is 72.5 Å². The van der Waals surface area contributed by atoms with Gasteiger partial charge in [0.05, 0.1) is 33.5 Å². The molecule has 2 aromatic carbocycles. The fourth-order valence-corrected chi connectivity index (χ4v) is 6.74. The minimum Gasteiger partial charge on any atom is -0.338 e. The summed E-state index contributed by atoms with van der Waals surface area (Å²) in [4.78, 5) is 17.5. The van der Waals surface area contributed by atoms with E-state index in [1.165, 1.54) is 36.4 Å². The molecule has 1 atom stereocenters. The lowest BCUT2D eigenvalue weighted by atomic mass is 9.83.